The normalized spacial score (nSPS) is 10.8. The molecule has 0 atom stereocenters. The first-order chi connectivity index (χ1) is 11.9. The standard InChI is InChI=1S/C11H10N4O5.C2H7O3P/c1-5(16)12-4-6-2-7(15(19)20)3-8-9(6)14-11(18)10(17)13-8;1-2-6(3,4)5/h2-3H,4H2,1H3,(H,12,16)(H,13,17)(H,14,18);2H2,1H3,(H2,3,4,5). The molecular weight excluding hydrogens is 371 g/mol. The number of nitrogens with zero attached hydrogens (tertiary/aromatic N) is 1. The molecule has 0 aliphatic rings. The molecule has 1 aromatic carbocycles. The minimum atomic E-state index is -3.65. The van der Waals surface area contributed by atoms with Crippen LogP contribution in [0.3, 0.4) is 0 Å². The van der Waals surface area contributed by atoms with E-state index in [0.29, 0.717) is 5.56 Å². The van der Waals surface area contributed by atoms with Gasteiger partial charge in [-0.2, -0.15) is 0 Å². The van der Waals surface area contributed by atoms with E-state index in [2.05, 4.69) is 15.3 Å². The van der Waals surface area contributed by atoms with E-state index < -0.39 is 23.6 Å². The van der Waals surface area contributed by atoms with Crippen LogP contribution >= 0.6 is 7.60 Å². The van der Waals surface area contributed by atoms with E-state index in [9.17, 15) is 29.1 Å². The Balaban J connectivity index is 0.000000487. The maximum absolute atomic E-state index is 11.3. The number of aromatic nitrogens is 2. The Morgan fingerprint density at radius 3 is 2.27 bits per heavy atom. The lowest BCUT2D eigenvalue weighted by atomic mass is 10.1. The van der Waals surface area contributed by atoms with Crippen molar-refractivity contribution in [1.29, 1.82) is 0 Å². The first-order valence-electron chi connectivity index (χ1n) is 7.17. The van der Waals surface area contributed by atoms with Gasteiger partial charge in [0.1, 0.15) is 0 Å². The number of nitrogens with one attached hydrogen (secondary N) is 3. The molecule has 26 heavy (non-hydrogen) atoms. The molecule has 0 saturated carbocycles. The Hall–Kier alpha value is -2.82. The maximum atomic E-state index is 11.3. The summed E-state index contributed by atoms with van der Waals surface area (Å²) >= 11 is 0. The van der Waals surface area contributed by atoms with Gasteiger partial charge in [0, 0.05) is 37.3 Å². The summed E-state index contributed by atoms with van der Waals surface area (Å²) in [6.07, 6.45) is -0.0625. The third kappa shape index (κ3) is 6.24. The molecule has 1 heterocycles. The quantitative estimate of drug-likeness (QED) is 0.208. The molecule has 0 radical (unpaired) electrons. The third-order valence-corrected chi connectivity index (χ3v) is 3.87. The van der Waals surface area contributed by atoms with Crippen LogP contribution in [-0.4, -0.2) is 36.7 Å². The van der Waals surface area contributed by atoms with E-state index in [1.165, 1.54) is 19.9 Å². The van der Waals surface area contributed by atoms with Crippen LogP contribution in [0, 0.1) is 10.1 Å². The minimum absolute atomic E-state index is 0.00447. The Morgan fingerprint density at radius 2 is 1.81 bits per heavy atom. The Bertz CT molecular complexity index is 990. The second-order valence-corrected chi connectivity index (χ2v) is 7.05. The predicted octanol–water partition coefficient (Wildman–Crippen LogP) is -0.0553. The van der Waals surface area contributed by atoms with Crippen molar-refractivity contribution < 1.29 is 24.1 Å². The molecule has 0 saturated heterocycles. The number of aromatic amines is 2. The molecule has 12 nitrogen and oxygen atoms in total. The van der Waals surface area contributed by atoms with Crippen molar-refractivity contribution >= 4 is 30.2 Å². The molecule has 0 bridgehead atoms. The average molecular weight is 388 g/mol. The van der Waals surface area contributed by atoms with Crippen LogP contribution in [0.1, 0.15) is 19.4 Å². The summed E-state index contributed by atoms with van der Waals surface area (Å²) in [5, 5.41) is 13.3. The Morgan fingerprint density at radius 1 is 1.27 bits per heavy atom. The molecule has 2 rings (SSSR count). The molecule has 0 aliphatic heterocycles. The van der Waals surface area contributed by atoms with Crippen molar-refractivity contribution in [2.24, 2.45) is 0 Å². The number of nitro benzene ring substituents is 1. The number of hydrogen-bond acceptors (Lipinski definition) is 6. The van der Waals surface area contributed by atoms with Crippen LogP contribution in [0.4, 0.5) is 5.69 Å². The first-order valence-corrected chi connectivity index (χ1v) is 8.97. The molecule has 5 N–H and O–H groups in total. The van der Waals surface area contributed by atoms with Gasteiger partial charge in [-0.15, -0.1) is 0 Å². The summed E-state index contributed by atoms with van der Waals surface area (Å²) in [5.74, 6) is -0.323. The summed E-state index contributed by atoms with van der Waals surface area (Å²) < 4.78 is 9.69. The number of non-ortho nitro benzene ring substituents is 1. The van der Waals surface area contributed by atoms with E-state index >= 15 is 0 Å². The molecule has 142 valence electrons. The van der Waals surface area contributed by atoms with Crippen LogP contribution in [0.25, 0.3) is 11.0 Å². The number of nitro groups is 1. The highest BCUT2D eigenvalue weighted by Gasteiger charge is 2.14. The average Bonchev–Trinajstić information content (AvgIpc) is 2.53. The summed E-state index contributed by atoms with van der Waals surface area (Å²) in [4.78, 5) is 64.2. The number of rotatable bonds is 4. The summed E-state index contributed by atoms with van der Waals surface area (Å²) in [6.45, 7) is 2.74. The highest BCUT2D eigenvalue weighted by Crippen LogP contribution is 2.32. The fraction of sp³-hybridized carbons (Fsp3) is 0.308. The summed E-state index contributed by atoms with van der Waals surface area (Å²) in [7, 11) is -3.65. The number of H-pyrrole nitrogens is 2. The molecule has 0 fully saturated rings. The third-order valence-electron chi connectivity index (χ3n) is 3.05. The zero-order valence-electron chi connectivity index (χ0n) is 13.8. The van der Waals surface area contributed by atoms with Gasteiger partial charge in [-0.25, -0.2) is 0 Å². The topological polar surface area (TPSA) is 195 Å². The van der Waals surface area contributed by atoms with Gasteiger partial charge >= 0.3 is 18.7 Å². The SMILES string of the molecule is CC(=O)NCc1cc([N+](=O)[O-])cc2[nH]c(=O)c(=O)[nH]c12.CCP(=O)(O)O. The van der Waals surface area contributed by atoms with Crippen LogP contribution in [-0.2, 0) is 15.9 Å². The molecule has 2 aromatic rings. The van der Waals surface area contributed by atoms with Crippen molar-refractivity contribution in [3.05, 3.63) is 48.5 Å². The van der Waals surface area contributed by atoms with E-state index in [1.54, 1.807) is 0 Å². The fourth-order valence-electron chi connectivity index (χ4n) is 1.75. The van der Waals surface area contributed by atoms with Gasteiger partial charge in [0.2, 0.25) is 5.91 Å². The predicted molar refractivity (Wildman–Crippen MR) is 91.9 cm³/mol. The maximum Gasteiger partial charge on any atom is 0.325 e. The molecular formula is C13H17N4O8P. The Labute approximate surface area is 145 Å². The van der Waals surface area contributed by atoms with Crippen molar-refractivity contribution in [2.45, 2.75) is 20.4 Å². The summed E-state index contributed by atoms with van der Waals surface area (Å²) in [5.41, 5.74) is -1.31. The molecule has 1 aromatic heterocycles. The second-order valence-electron chi connectivity index (χ2n) is 5.08. The number of carbonyl (C=O) groups is 1. The lowest BCUT2D eigenvalue weighted by Gasteiger charge is -2.06. The van der Waals surface area contributed by atoms with Gasteiger partial charge in [0.15, 0.2) is 0 Å². The van der Waals surface area contributed by atoms with Crippen LogP contribution in [0.15, 0.2) is 21.7 Å². The van der Waals surface area contributed by atoms with Crippen LogP contribution < -0.4 is 16.4 Å². The molecule has 0 spiro atoms. The molecule has 1 amide bonds. The van der Waals surface area contributed by atoms with Gasteiger partial charge < -0.3 is 25.1 Å². The minimum Gasteiger partial charge on any atom is -0.352 e. The zero-order valence-corrected chi connectivity index (χ0v) is 14.7. The summed E-state index contributed by atoms with van der Waals surface area (Å²) in [6, 6.07) is 2.37. The lowest BCUT2D eigenvalue weighted by Crippen LogP contribution is -2.29. The van der Waals surface area contributed by atoms with Crippen LogP contribution in [0.5, 0.6) is 0 Å². The highest BCUT2D eigenvalue weighted by atomic mass is 31.2. The van der Waals surface area contributed by atoms with Gasteiger partial charge in [0.25, 0.3) is 5.69 Å². The monoisotopic (exact) mass is 388 g/mol. The number of fused-ring (bicyclic) bond motifs is 1. The van der Waals surface area contributed by atoms with Gasteiger partial charge in [-0.3, -0.25) is 29.1 Å². The molecule has 0 aliphatic carbocycles. The van der Waals surface area contributed by atoms with E-state index in [-0.39, 0.29) is 35.3 Å². The van der Waals surface area contributed by atoms with Gasteiger partial charge in [-0.1, -0.05) is 6.92 Å². The van der Waals surface area contributed by atoms with Crippen molar-refractivity contribution in [1.82, 2.24) is 15.3 Å². The highest BCUT2D eigenvalue weighted by molar-refractivity contribution is 7.51. The number of amides is 1. The first kappa shape index (κ1) is 21.2. The van der Waals surface area contributed by atoms with Crippen molar-refractivity contribution in [3.63, 3.8) is 0 Å². The zero-order chi connectivity index (χ0) is 20.1. The van der Waals surface area contributed by atoms with Crippen molar-refractivity contribution in [2.75, 3.05) is 6.16 Å². The Kier molecular flexibility index (Phi) is 6.95. The van der Waals surface area contributed by atoms with E-state index in [0.717, 1.165) is 6.07 Å². The molecule has 13 heteroatoms. The van der Waals surface area contributed by atoms with Crippen molar-refractivity contribution in [3.8, 4) is 0 Å². The fourth-order valence-corrected chi connectivity index (χ4v) is 1.75. The number of benzene rings is 1. The smallest absolute Gasteiger partial charge is 0.325 e. The number of hydrogen-bond donors (Lipinski definition) is 5. The van der Waals surface area contributed by atoms with Gasteiger partial charge in [0.05, 0.1) is 16.0 Å². The van der Waals surface area contributed by atoms with E-state index in [1.807, 2.05) is 0 Å². The second kappa shape index (κ2) is 8.52. The largest absolute Gasteiger partial charge is 0.352 e. The number of carbonyl (C=O) groups excluding carboxylic acids is 1. The lowest BCUT2D eigenvalue weighted by molar-refractivity contribution is -0.384. The van der Waals surface area contributed by atoms with Crippen LogP contribution in [0.2, 0.25) is 0 Å². The van der Waals surface area contributed by atoms with Gasteiger partial charge in [-0.05, 0) is 0 Å². The molecule has 0 unspecified atom stereocenters. The van der Waals surface area contributed by atoms with E-state index in [4.69, 9.17) is 9.79 Å².